The normalized spacial score (nSPS) is 24.0. The predicted molar refractivity (Wildman–Crippen MR) is 92.3 cm³/mol. The van der Waals surface area contributed by atoms with Gasteiger partial charge in [0, 0.05) is 25.3 Å². The molecule has 2 aliphatic rings. The molecule has 0 bridgehead atoms. The molecule has 6 nitrogen and oxygen atoms in total. The first-order valence-corrected chi connectivity index (χ1v) is 8.73. The predicted octanol–water partition coefficient (Wildman–Crippen LogP) is 1.63. The summed E-state index contributed by atoms with van der Waals surface area (Å²) in [4.78, 5) is 26.5. The van der Waals surface area contributed by atoms with Gasteiger partial charge in [-0.05, 0) is 43.9 Å². The van der Waals surface area contributed by atoms with Crippen molar-refractivity contribution in [3.63, 3.8) is 0 Å². The van der Waals surface area contributed by atoms with E-state index < -0.39 is 12.1 Å². The number of hydrogen-bond donors (Lipinski definition) is 3. The Morgan fingerprint density at radius 3 is 2.62 bits per heavy atom. The number of piperidine rings is 1. The third-order valence-corrected chi connectivity index (χ3v) is 4.85. The van der Waals surface area contributed by atoms with Crippen LogP contribution in [0, 0.1) is 0 Å². The minimum Gasteiger partial charge on any atom is -0.392 e. The summed E-state index contributed by atoms with van der Waals surface area (Å²) in [7, 11) is 0. The van der Waals surface area contributed by atoms with Gasteiger partial charge < -0.3 is 20.6 Å². The Morgan fingerprint density at radius 2 is 2.00 bits per heavy atom. The van der Waals surface area contributed by atoms with Gasteiger partial charge in [0.05, 0.1) is 22.7 Å². The number of hydrogen-bond acceptors (Lipinski definition) is 4. The molecule has 1 aromatic carbocycles. The van der Waals surface area contributed by atoms with E-state index in [-0.39, 0.29) is 11.8 Å². The molecule has 0 aliphatic carbocycles. The topological polar surface area (TPSA) is 81.7 Å². The maximum absolute atomic E-state index is 12.5. The molecule has 2 amide bonds. The molecule has 2 saturated heterocycles. The second kappa shape index (κ2) is 7.51. The van der Waals surface area contributed by atoms with Gasteiger partial charge in [-0.1, -0.05) is 11.6 Å². The Balaban J connectivity index is 1.65. The summed E-state index contributed by atoms with van der Waals surface area (Å²) < 4.78 is 0. The van der Waals surface area contributed by atoms with E-state index in [1.54, 1.807) is 18.2 Å². The van der Waals surface area contributed by atoms with Crippen LogP contribution in [0.4, 0.5) is 5.69 Å². The first-order chi connectivity index (χ1) is 11.5. The third kappa shape index (κ3) is 3.88. The second-order valence-electron chi connectivity index (χ2n) is 6.39. The lowest BCUT2D eigenvalue weighted by atomic mass is 10.1. The zero-order chi connectivity index (χ0) is 17.1. The molecule has 0 radical (unpaired) electrons. The Kier molecular flexibility index (Phi) is 5.38. The number of β-amino-alcohol motifs (C(OH)–C–C–N with tert-alkyl or cyclic N) is 1. The summed E-state index contributed by atoms with van der Waals surface area (Å²) in [5, 5.41) is 15.5. The van der Waals surface area contributed by atoms with Gasteiger partial charge in [-0.25, -0.2) is 0 Å². The number of rotatable bonds is 3. The van der Waals surface area contributed by atoms with Crippen LogP contribution in [0.5, 0.6) is 0 Å². The molecule has 24 heavy (non-hydrogen) atoms. The maximum Gasteiger partial charge on any atom is 0.255 e. The van der Waals surface area contributed by atoms with Crippen LogP contribution in [0.1, 0.15) is 36.0 Å². The van der Waals surface area contributed by atoms with Crippen LogP contribution >= 0.6 is 11.6 Å². The molecular formula is C17H22ClN3O3. The van der Waals surface area contributed by atoms with Gasteiger partial charge >= 0.3 is 0 Å². The molecule has 2 aliphatic heterocycles. The zero-order valence-corrected chi connectivity index (χ0v) is 14.2. The minimum absolute atomic E-state index is 0.0573. The highest BCUT2D eigenvalue weighted by Gasteiger charge is 2.28. The molecule has 1 aromatic rings. The summed E-state index contributed by atoms with van der Waals surface area (Å²) in [5.41, 5.74) is 1.01. The lowest BCUT2D eigenvalue weighted by Crippen LogP contribution is -2.36. The van der Waals surface area contributed by atoms with E-state index in [2.05, 4.69) is 10.6 Å². The van der Waals surface area contributed by atoms with Crippen LogP contribution in [-0.2, 0) is 4.79 Å². The van der Waals surface area contributed by atoms with Crippen molar-refractivity contribution < 1.29 is 14.7 Å². The maximum atomic E-state index is 12.5. The molecule has 0 spiro atoms. The van der Waals surface area contributed by atoms with Gasteiger partial charge in [-0.3, -0.25) is 9.59 Å². The standard InChI is InChI=1S/C17H22ClN3O3/c18-14-8-11(20-16(23)15-9-12(22)10-19-15)4-5-13(14)17(24)21-6-2-1-3-7-21/h4-5,8,12,15,19,22H,1-3,6-7,9-10H2,(H,20,23). The summed E-state index contributed by atoms with van der Waals surface area (Å²) in [6.07, 6.45) is 3.11. The van der Waals surface area contributed by atoms with Crippen molar-refractivity contribution in [2.45, 2.75) is 37.8 Å². The van der Waals surface area contributed by atoms with E-state index in [0.29, 0.717) is 29.2 Å². The number of aliphatic hydroxyl groups excluding tert-OH is 1. The average molecular weight is 352 g/mol. The van der Waals surface area contributed by atoms with Crippen molar-refractivity contribution in [1.29, 1.82) is 0 Å². The van der Waals surface area contributed by atoms with Gasteiger partial charge in [-0.15, -0.1) is 0 Å². The minimum atomic E-state index is -0.492. The molecule has 2 fully saturated rings. The van der Waals surface area contributed by atoms with Gasteiger partial charge in [0.1, 0.15) is 0 Å². The van der Waals surface area contributed by atoms with E-state index >= 15 is 0 Å². The lowest BCUT2D eigenvalue weighted by Gasteiger charge is -2.27. The molecule has 0 saturated carbocycles. The highest BCUT2D eigenvalue weighted by Crippen LogP contribution is 2.24. The highest BCUT2D eigenvalue weighted by atomic mass is 35.5. The number of likely N-dealkylation sites (tertiary alicyclic amines) is 1. The fourth-order valence-corrected chi connectivity index (χ4v) is 3.44. The fraction of sp³-hybridized carbons (Fsp3) is 0.529. The fourth-order valence-electron chi connectivity index (χ4n) is 3.18. The molecule has 2 atom stereocenters. The van der Waals surface area contributed by atoms with Crippen molar-refractivity contribution in [2.24, 2.45) is 0 Å². The SMILES string of the molecule is O=C(Nc1ccc(C(=O)N2CCCCC2)c(Cl)c1)C1CC(O)CN1. The Hall–Kier alpha value is -1.63. The average Bonchev–Trinajstić information content (AvgIpc) is 3.02. The third-order valence-electron chi connectivity index (χ3n) is 4.53. The number of carbonyl (C=O) groups is 2. The number of amides is 2. The van der Waals surface area contributed by atoms with Crippen molar-refractivity contribution >= 4 is 29.1 Å². The smallest absolute Gasteiger partial charge is 0.255 e. The molecule has 7 heteroatoms. The van der Waals surface area contributed by atoms with E-state index in [1.807, 2.05) is 4.90 Å². The van der Waals surface area contributed by atoms with Gasteiger partial charge in [0.25, 0.3) is 5.91 Å². The highest BCUT2D eigenvalue weighted by molar-refractivity contribution is 6.34. The summed E-state index contributed by atoms with van der Waals surface area (Å²) in [6, 6.07) is 4.54. The van der Waals surface area contributed by atoms with E-state index in [4.69, 9.17) is 11.6 Å². The van der Waals surface area contributed by atoms with Crippen LogP contribution in [0.25, 0.3) is 0 Å². The Labute approximate surface area is 146 Å². The van der Waals surface area contributed by atoms with Crippen LogP contribution in [-0.4, -0.2) is 53.6 Å². The second-order valence-corrected chi connectivity index (χ2v) is 6.79. The zero-order valence-electron chi connectivity index (χ0n) is 13.4. The number of anilines is 1. The molecular weight excluding hydrogens is 330 g/mol. The summed E-state index contributed by atoms with van der Waals surface area (Å²) >= 11 is 6.26. The van der Waals surface area contributed by atoms with Gasteiger partial charge in [0.2, 0.25) is 5.91 Å². The Morgan fingerprint density at radius 1 is 1.25 bits per heavy atom. The van der Waals surface area contributed by atoms with Crippen LogP contribution in [0.2, 0.25) is 5.02 Å². The van der Waals surface area contributed by atoms with E-state index in [0.717, 1.165) is 32.4 Å². The summed E-state index contributed by atoms with van der Waals surface area (Å²) in [5.74, 6) is -0.268. The van der Waals surface area contributed by atoms with Crippen molar-refractivity contribution in [2.75, 3.05) is 25.0 Å². The monoisotopic (exact) mass is 351 g/mol. The first kappa shape index (κ1) is 17.2. The number of halogens is 1. The summed E-state index contributed by atoms with van der Waals surface area (Å²) in [6.45, 7) is 1.95. The van der Waals surface area contributed by atoms with Crippen molar-refractivity contribution in [3.05, 3.63) is 28.8 Å². The Bertz CT molecular complexity index is 632. The molecule has 130 valence electrons. The van der Waals surface area contributed by atoms with Crippen molar-refractivity contribution in [3.8, 4) is 0 Å². The molecule has 0 aromatic heterocycles. The van der Waals surface area contributed by atoms with Crippen LogP contribution in [0.15, 0.2) is 18.2 Å². The van der Waals surface area contributed by atoms with E-state index in [1.165, 1.54) is 0 Å². The van der Waals surface area contributed by atoms with Gasteiger partial charge in [0.15, 0.2) is 0 Å². The lowest BCUT2D eigenvalue weighted by molar-refractivity contribution is -0.117. The molecule has 3 rings (SSSR count). The first-order valence-electron chi connectivity index (χ1n) is 8.36. The quantitative estimate of drug-likeness (QED) is 0.773. The van der Waals surface area contributed by atoms with E-state index in [9.17, 15) is 14.7 Å². The largest absolute Gasteiger partial charge is 0.392 e. The number of benzene rings is 1. The number of nitrogens with one attached hydrogen (secondary N) is 2. The number of nitrogens with zero attached hydrogens (tertiary/aromatic N) is 1. The van der Waals surface area contributed by atoms with Crippen molar-refractivity contribution in [1.82, 2.24) is 10.2 Å². The van der Waals surface area contributed by atoms with Crippen LogP contribution in [0.3, 0.4) is 0 Å². The van der Waals surface area contributed by atoms with Gasteiger partial charge in [-0.2, -0.15) is 0 Å². The molecule has 3 N–H and O–H groups in total. The number of aliphatic hydroxyl groups is 1. The molecule has 2 heterocycles. The van der Waals surface area contributed by atoms with Crippen LogP contribution < -0.4 is 10.6 Å². The number of carbonyl (C=O) groups excluding carboxylic acids is 2. The molecule has 2 unspecified atom stereocenters.